The first kappa shape index (κ1) is 19.8. The summed E-state index contributed by atoms with van der Waals surface area (Å²) < 4.78 is 29.9. The zero-order chi connectivity index (χ0) is 19.3. The molecule has 2 rings (SSSR count). The molecule has 1 amide bonds. The van der Waals surface area contributed by atoms with Crippen molar-refractivity contribution >= 4 is 27.3 Å². The Kier molecular flexibility index (Phi) is 6.26. The first-order valence-electron chi connectivity index (χ1n) is 8.31. The van der Waals surface area contributed by atoms with Crippen molar-refractivity contribution in [3.8, 4) is 5.75 Å². The molecule has 1 unspecified atom stereocenters. The van der Waals surface area contributed by atoms with Crippen LogP contribution in [0, 0.1) is 0 Å². The lowest BCUT2D eigenvalue weighted by Gasteiger charge is -2.18. The molecule has 0 aliphatic heterocycles. The molecule has 0 spiro atoms. The van der Waals surface area contributed by atoms with Crippen LogP contribution in [0.15, 0.2) is 48.5 Å². The molecule has 0 saturated carbocycles. The van der Waals surface area contributed by atoms with Gasteiger partial charge in [0.25, 0.3) is 5.91 Å². The number of amides is 1. The van der Waals surface area contributed by atoms with Crippen LogP contribution in [0.3, 0.4) is 0 Å². The number of carbonyl (C=O) groups excluding carboxylic acids is 1. The van der Waals surface area contributed by atoms with Crippen molar-refractivity contribution in [2.75, 3.05) is 22.9 Å². The van der Waals surface area contributed by atoms with E-state index >= 15 is 0 Å². The van der Waals surface area contributed by atoms with Gasteiger partial charge < -0.3 is 10.1 Å². The molecule has 0 aliphatic rings. The van der Waals surface area contributed by atoms with Crippen LogP contribution < -0.4 is 14.4 Å². The Labute approximate surface area is 154 Å². The van der Waals surface area contributed by atoms with E-state index in [-0.39, 0.29) is 5.91 Å². The van der Waals surface area contributed by atoms with Gasteiger partial charge in [-0.2, -0.15) is 0 Å². The maximum atomic E-state index is 12.3. The van der Waals surface area contributed by atoms with Crippen LogP contribution in [0.1, 0.15) is 19.4 Å². The highest BCUT2D eigenvalue weighted by Gasteiger charge is 2.16. The van der Waals surface area contributed by atoms with E-state index in [9.17, 15) is 13.2 Å². The Hall–Kier alpha value is -2.54. The van der Waals surface area contributed by atoms with Crippen molar-refractivity contribution in [3.05, 3.63) is 54.1 Å². The van der Waals surface area contributed by atoms with E-state index in [4.69, 9.17) is 4.74 Å². The molecule has 6 nitrogen and oxygen atoms in total. The number of ether oxygens (including phenoxy) is 1. The van der Waals surface area contributed by atoms with Crippen LogP contribution in [0.25, 0.3) is 0 Å². The van der Waals surface area contributed by atoms with E-state index < -0.39 is 16.1 Å². The average Bonchev–Trinajstić information content (AvgIpc) is 2.61. The lowest BCUT2D eigenvalue weighted by molar-refractivity contribution is -0.122. The Morgan fingerprint density at radius 2 is 1.69 bits per heavy atom. The Balaban J connectivity index is 1.97. The van der Waals surface area contributed by atoms with Gasteiger partial charge >= 0.3 is 0 Å². The number of sulfonamides is 1. The summed E-state index contributed by atoms with van der Waals surface area (Å²) >= 11 is 0. The molecule has 0 radical (unpaired) electrons. The van der Waals surface area contributed by atoms with E-state index in [1.54, 1.807) is 31.2 Å². The number of aryl methyl sites for hydroxylation is 1. The summed E-state index contributed by atoms with van der Waals surface area (Å²) in [4.78, 5) is 12.3. The maximum absolute atomic E-state index is 12.3. The summed E-state index contributed by atoms with van der Waals surface area (Å²) in [6.07, 6.45) is 1.38. The summed E-state index contributed by atoms with van der Waals surface area (Å²) in [5.41, 5.74) is 2.44. The molecule has 26 heavy (non-hydrogen) atoms. The van der Waals surface area contributed by atoms with Crippen molar-refractivity contribution in [1.82, 2.24) is 0 Å². The molecule has 0 fully saturated rings. The normalized spacial score (nSPS) is 12.3. The van der Waals surface area contributed by atoms with Crippen molar-refractivity contribution < 1.29 is 17.9 Å². The van der Waals surface area contributed by atoms with E-state index in [2.05, 4.69) is 12.2 Å². The zero-order valence-corrected chi connectivity index (χ0v) is 16.2. The molecule has 0 heterocycles. The molecule has 0 aliphatic carbocycles. The predicted octanol–water partition coefficient (Wildman–Crippen LogP) is 3.05. The van der Waals surface area contributed by atoms with Gasteiger partial charge in [0.15, 0.2) is 6.10 Å². The molecule has 2 aromatic carbocycles. The number of hydrogen-bond donors (Lipinski definition) is 1. The van der Waals surface area contributed by atoms with Crippen LogP contribution >= 0.6 is 0 Å². The quantitative estimate of drug-likeness (QED) is 0.806. The van der Waals surface area contributed by atoms with Gasteiger partial charge in [-0.25, -0.2) is 8.42 Å². The Bertz CT molecular complexity index is 846. The minimum Gasteiger partial charge on any atom is -0.481 e. The monoisotopic (exact) mass is 376 g/mol. The third kappa shape index (κ3) is 5.23. The molecular weight excluding hydrogens is 352 g/mol. The number of hydrogen-bond acceptors (Lipinski definition) is 4. The number of carbonyl (C=O) groups is 1. The minimum atomic E-state index is -3.32. The van der Waals surface area contributed by atoms with Gasteiger partial charge in [0.2, 0.25) is 10.0 Å². The van der Waals surface area contributed by atoms with Crippen molar-refractivity contribution in [3.63, 3.8) is 0 Å². The van der Waals surface area contributed by atoms with Gasteiger partial charge in [0.05, 0.1) is 11.9 Å². The van der Waals surface area contributed by atoms with Gasteiger partial charge in [0, 0.05) is 12.7 Å². The van der Waals surface area contributed by atoms with Crippen molar-refractivity contribution in [2.45, 2.75) is 26.4 Å². The molecule has 7 heteroatoms. The molecule has 1 N–H and O–H groups in total. The standard InChI is InChI=1S/C19H24N2O4S/c1-5-15-6-8-16(9-7-15)20-19(22)14(2)25-18-12-10-17(11-13-18)21(3)26(4,23)24/h6-14H,5H2,1-4H3,(H,20,22). The van der Waals surface area contributed by atoms with Gasteiger partial charge in [0.1, 0.15) is 5.75 Å². The van der Waals surface area contributed by atoms with Crippen molar-refractivity contribution in [2.24, 2.45) is 0 Å². The summed E-state index contributed by atoms with van der Waals surface area (Å²) in [5, 5.41) is 2.81. The number of nitrogens with one attached hydrogen (secondary N) is 1. The van der Waals surface area contributed by atoms with Gasteiger partial charge in [-0.05, 0) is 55.3 Å². The third-order valence-electron chi connectivity index (χ3n) is 4.01. The fourth-order valence-electron chi connectivity index (χ4n) is 2.25. The van der Waals surface area contributed by atoms with Gasteiger partial charge in [-0.15, -0.1) is 0 Å². The smallest absolute Gasteiger partial charge is 0.265 e. The molecule has 0 saturated heterocycles. The van der Waals surface area contributed by atoms with Crippen LogP contribution in [0.2, 0.25) is 0 Å². The van der Waals surface area contributed by atoms with Crippen LogP contribution in [0.4, 0.5) is 11.4 Å². The van der Waals surface area contributed by atoms with E-state index in [1.807, 2.05) is 24.3 Å². The minimum absolute atomic E-state index is 0.258. The third-order valence-corrected chi connectivity index (χ3v) is 5.22. The summed E-state index contributed by atoms with van der Waals surface area (Å²) in [5.74, 6) is 0.228. The lowest BCUT2D eigenvalue weighted by Crippen LogP contribution is -2.30. The summed E-state index contributed by atoms with van der Waals surface area (Å²) in [6.45, 7) is 3.73. The largest absolute Gasteiger partial charge is 0.481 e. The van der Waals surface area contributed by atoms with E-state index in [0.29, 0.717) is 17.1 Å². The highest BCUT2D eigenvalue weighted by atomic mass is 32.2. The van der Waals surface area contributed by atoms with E-state index in [1.165, 1.54) is 16.9 Å². The molecule has 2 aromatic rings. The number of nitrogens with zero attached hydrogens (tertiary/aromatic N) is 1. The molecule has 0 bridgehead atoms. The molecule has 140 valence electrons. The molecule has 1 atom stereocenters. The average molecular weight is 376 g/mol. The number of rotatable bonds is 7. The maximum Gasteiger partial charge on any atom is 0.265 e. The fraction of sp³-hybridized carbons (Fsp3) is 0.316. The van der Waals surface area contributed by atoms with E-state index in [0.717, 1.165) is 12.7 Å². The Morgan fingerprint density at radius 3 is 2.19 bits per heavy atom. The fourth-order valence-corrected chi connectivity index (χ4v) is 2.76. The predicted molar refractivity (Wildman–Crippen MR) is 104 cm³/mol. The molecule has 0 aromatic heterocycles. The summed E-state index contributed by atoms with van der Waals surface area (Å²) in [6, 6.07) is 14.2. The van der Waals surface area contributed by atoms with Crippen LogP contribution in [-0.4, -0.2) is 33.7 Å². The number of anilines is 2. The number of benzene rings is 2. The molecular formula is C19H24N2O4S. The second kappa shape index (κ2) is 8.23. The SMILES string of the molecule is CCc1ccc(NC(=O)C(C)Oc2ccc(N(C)S(C)(=O)=O)cc2)cc1. The second-order valence-electron chi connectivity index (χ2n) is 6.02. The summed E-state index contributed by atoms with van der Waals surface area (Å²) in [7, 11) is -1.84. The van der Waals surface area contributed by atoms with Crippen LogP contribution in [0.5, 0.6) is 5.75 Å². The van der Waals surface area contributed by atoms with Crippen LogP contribution in [-0.2, 0) is 21.2 Å². The van der Waals surface area contributed by atoms with Crippen molar-refractivity contribution in [1.29, 1.82) is 0 Å². The Morgan fingerprint density at radius 1 is 1.12 bits per heavy atom. The zero-order valence-electron chi connectivity index (χ0n) is 15.4. The van der Waals surface area contributed by atoms with Gasteiger partial charge in [-0.3, -0.25) is 9.10 Å². The first-order valence-corrected chi connectivity index (χ1v) is 10.2. The highest BCUT2D eigenvalue weighted by Crippen LogP contribution is 2.21. The second-order valence-corrected chi connectivity index (χ2v) is 8.04. The lowest BCUT2D eigenvalue weighted by atomic mass is 10.1. The topological polar surface area (TPSA) is 75.7 Å². The first-order chi connectivity index (χ1) is 12.2. The van der Waals surface area contributed by atoms with Gasteiger partial charge in [-0.1, -0.05) is 19.1 Å². The highest BCUT2D eigenvalue weighted by molar-refractivity contribution is 7.92.